The molecule has 0 aliphatic heterocycles. The summed E-state index contributed by atoms with van der Waals surface area (Å²) in [5, 5.41) is 0. The van der Waals surface area contributed by atoms with Crippen LogP contribution in [0.2, 0.25) is 0 Å². The number of carbonyl (C=O) groups is 1. The Hall–Kier alpha value is -2.91. The number of hydrogen-bond donors (Lipinski definition) is 1. The second-order valence-electron chi connectivity index (χ2n) is 6.13. The molecule has 30 heavy (non-hydrogen) atoms. The second-order valence-corrected chi connectivity index (χ2v) is 8.73. The van der Waals surface area contributed by atoms with E-state index in [9.17, 15) is 17.6 Å². The van der Waals surface area contributed by atoms with Gasteiger partial charge < -0.3 is 9.47 Å². The normalized spacial score (nSPS) is 11.1. The molecule has 0 atom stereocenters. The molecular formula is C21H17BrFNO5S. The van der Waals surface area contributed by atoms with Gasteiger partial charge in [-0.25, -0.2) is 12.8 Å². The zero-order valence-electron chi connectivity index (χ0n) is 16.0. The van der Waals surface area contributed by atoms with E-state index in [1.807, 2.05) is 0 Å². The number of rotatable bonds is 7. The highest BCUT2D eigenvalue weighted by Crippen LogP contribution is 2.32. The largest absolute Gasteiger partial charge is 0.493 e. The lowest BCUT2D eigenvalue weighted by Gasteiger charge is -2.15. The number of sulfonamides is 1. The molecule has 3 aromatic rings. The second kappa shape index (κ2) is 8.85. The molecule has 0 aromatic heterocycles. The minimum absolute atomic E-state index is 0.128. The van der Waals surface area contributed by atoms with Gasteiger partial charge in [0.2, 0.25) is 0 Å². The molecule has 0 amide bonds. The Labute approximate surface area is 181 Å². The summed E-state index contributed by atoms with van der Waals surface area (Å²) in [7, 11) is -1.45. The minimum atomic E-state index is -4.24. The highest BCUT2D eigenvalue weighted by molar-refractivity contribution is 9.10. The van der Waals surface area contributed by atoms with E-state index in [0.29, 0.717) is 15.8 Å². The molecule has 0 saturated carbocycles. The van der Waals surface area contributed by atoms with Gasteiger partial charge in [0.25, 0.3) is 10.0 Å². The van der Waals surface area contributed by atoms with Crippen molar-refractivity contribution in [2.24, 2.45) is 0 Å². The zero-order chi connectivity index (χ0) is 21.9. The summed E-state index contributed by atoms with van der Waals surface area (Å²) in [6, 6.07) is 14.6. The molecule has 0 unspecified atom stereocenters. The topological polar surface area (TPSA) is 81.7 Å². The molecule has 0 bridgehead atoms. The maximum absolute atomic E-state index is 14.7. The number of ketones is 1. The Morgan fingerprint density at radius 2 is 1.63 bits per heavy atom. The standard InChI is InChI=1S/C21H17BrFNO5S/c1-28-18-9-8-15(12-19(18)29-2)30(26,27)24-20-16(10-14(22)11-17(20)23)21(25)13-6-4-3-5-7-13/h3-12,24H,1-2H3. The molecule has 0 fully saturated rings. The molecular weight excluding hydrogens is 477 g/mol. The van der Waals surface area contributed by atoms with Crippen molar-refractivity contribution in [2.75, 3.05) is 18.9 Å². The number of methoxy groups -OCH3 is 2. The summed E-state index contributed by atoms with van der Waals surface area (Å²) < 4.78 is 53.3. The summed E-state index contributed by atoms with van der Waals surface area (Å²) in [6.07, 6.45) is 0. The van der Waals surface area contributed by atoms with Gasteiger partial charge in [0, 0.05) is 16.1 Å². The molecule has 6 nitrogen and oxygen atoms in total. The number of hydrogen-bond acceptors (Lipinski definition) is 5. The van der Waals surface area contributed by atoms with Crippen molar-refractivity contribution in [3.63, 3.8) is 0 Å². The fraction of sp³-hybridized carbons (Fsp3) is 0.0952. The number of halogens is 2. The maximum atomic E-state index is 14.7. The lowest BCUT2D eigenvalue weighted by atomic mass is 10.0. The predicted octanol–water partition coefficient (Wildman–Crippen LogP) is 4.64. The molecule has 156 valence electrons. The SMILES string of the molecule is COc1ccc(S(=O)(=O)Nc2c(F)cc(Br)cc2C(=O)c2ccccc2)cc1OC. The Bertz CT molecular complexity index is 1200. The van der Waals surface area contributed by atoms with Crippen LogP contribution in [0.5, 0.6) is 11.5 Å². The Kier molecular flexibility index (Phi) is 6.42. The third kappa shape index (κ3) is 4.47. The smallest absolute Gasteiger partial charge is 0.262 e. The molecule has 3 aromatic carbocycles. The van der Waals surface area contributed by atoms with Gasteiger partial charge in [0.1, 0.15) is 5.82 Å². The van der Waals surface area contributed by atoms with Gasteiger partial charge in [-0.3, -0.25) is 9.52 Å². The van der Waals surface area contributed by atoms with Crippen LogP contribution in [0.3, 0.4) is 0 Å². The Morgan fingerprint density at radius 3 is 2.27 bits per heavy atom. The van der Waals surface area contributed by atoms with Crippen LogP contribution in [0, 0.1) is 5.82 Å². The number of nitrogens with one attached hydrogen (secondary N) is 1. The van der Waals surface area contributed by atoms with E-state index in [2.05, 4.69) is 20.7 Å². The van der Waals surface area contributed by atoms with E-state index < -0.39 is 27.3 Å². The van der Waals surface area contributed by atoms with Crippen molar-refractivity contribution in [1.82, 2.24) is 0 Å². The predicted molar refractivity (Wildman–Crippen MR) is 114 cm³/mol. The van der Waals surface area contributed by atoms with Crippen LogP contribution in [0.15, 0.2) is 70.0 Å². The summed E-state index contributed by atoms with van der Waals surface area (Å²) in [5.41, 5.74) is -0.277. The third-order valence-electron chi connectivity index (χ3n) is 4.24. The minimum Gasteiger partial charge on any atom is -0.493 e. The van der Waals surface area contributed by atoms with Crippen LogP contribution < -0.4 is 14.2 Å². The molecule has 1 N–H and O–H groups in total. The highest BCUT2D eigenvalue weighted by Gasteiger charge is 2.24. The van der Waals surface area contributed by atoms with Crippen LogP contribution in [0.1, 0.15) is 15.9 Å². The van der Waals surface area contributed by atoms with Gasteiger partial charge in [-0.1, -0.05) is 46.3 Å². The van der Waals surface area contributed by atoms with Crippen LogP contribution in [-0.2, 0) is 10.0 Å². The quantitative estimate of drug-likeness (QED) is 0.485. The Balaban J connectivity index is 2.07. The van der Waals surface area contributed by atoms with E-state index in [0.717, 1.165) is 6.07 Å². The fourth-order valence-corrected chi connectivity index (χ4v) is 4.31. The number of carbonyl (C=O) groups excluding carboxylic acids is 1. The van der Waals surface area contributed by atoms with Gasteiger partial charge in [-0.15, -0.1) is 0 Å². The molecule has 0 aliphatic rings. The zero-order valence-corrected chi connectivity index (χ0v) is 18.4. The van der Waals surface area contributed by atoms with Crippen LogP contribution in [0.4, 0.5) is 10.1 Å². The van der Waals surface area contributed by atoms with E-state index >= 15 is 0 Å². The van der Waals surface area contributed by atoms with E-state index in [4.69, 9.17) is 9.47 Å². The van der Waals surface area contributed by atoms with Crippen LogP contribution >= 0.6 is 15.9 Å². The molecule has 9 heteroatoms. The molecule has 0 radical (unpaired) electrons. The van der Waals surface area contributed by atoms with Gasteiger partial charge in [-0.2, -0.15) is 0 Å². The molecule has 3 rings (SSSR count). The third-order valence-corrected chi connectivity index (χ3v) is 6.04. The van der Waals surface area contributed by atoms with Gasteiger partial charge in [-0.05, 0) is 24.3 Å². The van der Waals surface area contributed by atoms with Crippen LogP contribution in [0.25, 0.3) is 0 Å². The number of ether oxygens (including phenoxy) is 2. The molecule has 0 heterocycles. The lowest BCUT2D eigenvalue weighted by molar-refractivity contribution is 0.103. The summed E-state index contributed by atoms with van der Waals surface area (Å²) in [4.78, 5) is 12.7. The van der Waals surface area contributed by atoms with Crippen molar-refractivity contribution in [3.8, 4) is 11.5 Å². The first kappa shape index (κ1) is 21.8. The first-order valence-electron chi connectivity index (χ1n) is 8.60. The van der Waals surface area contributed by atoms with Crippen molar-refractivity contribution in [3.05, 3.63) is 82.1 Å². The van der Waals surface area contributed by atoms with Gasteiger partial charge in [0.05, 0.1) is 30.4 Å². The molecule has 0 spiro atoms. The average Bonchev–Trinajstić information content (AvgIpc) is 2.74. The first-order chi connectivity index (χ1) is 14.3. The maximum Gasteiger partial charge on any atom is 0.262 e. The summed E-state index contributed by atoms with van der Waals surface area (Å²) >= 11 is 3.15. The van der Waals surface area contributed by atoms with E-state index in [1.54, 1.807) is 30.3 Å². The van der Waals surface area contributed by atoms with Crippen LogP contribution in [-0.4, -0.2) is 28.4 Å². The molecule has 0 aliphatic carbocycles. The summed E-state index contributed by atoms with van der Waals surface area (Å²) in [6.45, 7) is 0. The Morgan fingerprint density at radius 1 is 0.967 bits per heavy atom. The van der Waals surface area contributed by atoms with Crippen molar-refractivity contribution in [2.45, 2.75) is 4.90 Å². The number of benzene rings is 3. The lowest BCUT2D eigenvalue weighted by Crippen LogP contribution is -2.17. The van der Waals surface area contributed by atoms with Crippen molar-refractivity contribution in [1.29, 1.82) is 0 Å². The van der Waals surface area contributed by atoms with Crippen molar-refractivity contribution < 1.29 is 27.1 Å². The first-order valence-corrected chi connectivity index (χ1v) is 10.9. The summed E-state index contributed by atoms with van der Waals surface area (Å²) in [5.74, 6) is -0.892. The van der Waals surface area contributed by atoms with Gasteiger partial charge in [0.15, 0.2) is 17.3 Å². The fourth-order valence-electron chi connectivity index (χ4n) is 2.78. The van der Waals surface area contributed by atoms with E-state index in [1.165, 1.54) is 38.5 Å². The monoisotopic (exact) mass is 493 g/mol. The number of anilines is 1. The molecule has 0 saturated heterocycles. The van der Waals surface area contributed by atoms with Gasteiger partial charge >= 0.3 is 0 Å². The van der Waals surface area contributed by atoms with E-state index in [-0.39, 0.29) is 16.2 Å². The van der Waals surface area contributed by atoms with Crippen molar-refractivity contribution >= 4 is 37.4 Å². The average molecular weight is 494 g/mol. The highest BCUT2D eigenvalue weighted by atomic mass is 79.9.